The number of aryl methyl sites for hydroxylation is 1. The second-order valence-corrected chi connectivity index (χ2v) is 9.53. The summed E-state index contributed by atoms with van der Waals surface area (Å²) in [6.07, 6.45) is 0.109. The fourth-order valence-electron chi connectivity index (χ4n) is 2.81. The van der Waals surface area contributed by atoms with E-state index in [0.717, 1.165) is 11.1 Å². The molecule has 1 N–H and O–H groups in total. The van der Waals surface area contributed by atoms with Gasteiger partial charge in [0.2, 0.25) is 5.91 Å². The molecular weight excluding hydrogens is 443 g/mol. The van der Waals surface area contributed by atoms with Crippen LogP contribution in [0.2, 0.25) is 10.0 Å². The third-order valence-corrected chi connectivity index (χ3v) is 7.19. The zero-order chi connectivity index (χ0) is 21.9. The summed E-state index contributed by atoms with van der Waals surface area (Å²) < 4.78 is 26.8. The molecule has 0 fully saturated rings. The van der Waals surface area contributed by atoms with Crippen molar-refractivity contribution in [2.24, 2.45) is 0 Å². The molecule has 0 aliphatic heterocycles. The highest BCUT2D eigenvalue weighted by molar-refractivity contribution is 7.92. The molecule has 0 atom stereocenters. The van der Waals surface area contributed by atoms with E-state index in [0.29, 0.717) is 16.4 Å². The molecule has 0 aliphatic rings. The predicted octanol–water partition coefficient (Wildman–Crippen LogP) is 5.31. The molecule has 0 heterocycles. The number of benzene rings is 3. The van der Waals surface area contributed by atoms with Crippen molar-refractivity contribution in [3.05, 3.63) is 87.9 Å². The van der Waals surface area contributed by atoms with Crippen LogP contribution in [-0.2, 0) is 21.2 Å². The summed E-state index contributed by atoms with van der Waals surface area (Å²) in [7, 11) is -2.17. The smallest absolute Gasteiger partial charge is 0.264 e. The average Bonchev–Trinajstić information content (AvgIpc) is 2.72. The molecule has 156 valence electrons. The van der Waals surface area contributed by atoms with Crippen LogP contribution in [0.4, 0.5) is 11.4 Å². The van der Waals surface area contributed by atoms with Crippen molar-refractivity contribution in [3.8, 4) is 0 Å². The van der Waals surface area contributed by atoms with Crippen molar-refractivity contribution in [3.63, 3.8) is 0 Å². The van der Waals surface area contributed by atoms with Crippen molar-refractivity contribution >= 4 is 50.5 Å². The number of hydrogen-bond donors (Lipinski definition) is 1. The van der Waals surface area contributed by atoms with Crippen molar-refractivity contribution in [1.29, 1.82) is 0 Å². The third-order valence-electron chi connectivity index (χ3n) is 4.57. The number of sulfonamides is 1. The van der Waals surface area contributed by atoms with E-state index in [9.17, 15) is 13.2 Å². The number of hydrogen-bond acceptors (Lipinski definition) is 3. The van der Waals surface area contributed by atoms with E-state index in [4.69, 9.17) is 23.2 Å². The van der Waals surface area contributed by atoms with E-state index < -0.39 is 10.0 Å². The minimum Gasteiger partial charge on any atom is -0.324 e. The number of nitrogens with zero attached hydrogens (tertiary/aromatic N) is 1. The van der Waals surface area contributed by atoms with E-state index in [1.807, 2.05) is 6.92 Å². The Morgan fingerprint density at radius 1 is 0.967 bits per heavy atom. The lowest BCUT2D eigenvalue weighted by molar-refractivity contribution is -0.115. The maximum atomic E-state index is 12.8. The minimum atomic E-state index is -3.67. The number of amides is 1. The highest BCUT2D eigenvalue weighted by Gasteiger charge is 2.21. The quantitative estimate of drug-likeness (QED) is 0.539. The van der Waals surface area contributed by atoms with Crippen molar-refractivity contribution in [2.75, 3.05) is 16.7 Å². The Hall–Kier alpha value is -2.54. The van der Waals surface area contributed by atoms with E-state index in [2.05, 4.69) is 5.32 Å². The zero-order valence-electron chi connectivity index (χ0n) is 16.4. The molecule has 1 amide bonds. The van der Waals surface area contributed by atoms with Crippen LogP contribution in [0.3, 0.4) is 0 Å². The Balaban J connectivity index is 1.70. The lowest BCUT2D eigenvalue weighted by atomic mass is 10.1. The fraction of sp³-hybridized carbons (Fsp3) is 0.136. The molecule has 8 heteroatoms. The number of rotatable bonds is 6. The van der Waals surface area contributed by atoms with Gasteiger partial charge >= 0.3 is 0 Å². The molecule has 5 nitrogen and oxygen atoms in total. The molecule has 3 rings (SSSR count). The van der Waals surface area contributed by atoms with Gasteiger partial charge in [-0.1, -0.05) is 59.1 Å². The summed E-state index contributed by atoms with van der Waals surface area (Å²) in [4.78, 5) is 12.5. The second kappa shape index (κ2) is 9.08. The normalized spacial score (nSPS) is 11.2. The molecule has 0 aromatic heterocycles. The Kier molecular flexibility index (Phi) is 6.71. The summed E-state index contributed by atoms with van der Waals surface area (Å²) in [5.74, 6) is -0.257. The van der Waals surface area contributed by atoms with E-state index >= 15 is 0 Å². The highest BCUT2D eigenvalue weighted by atomic mass is 35.5. The molecule has 3 aromatic rings. The lowest BCUT2D eigenvalue weighted by Gasteiger charge is -2.20. The van der Waals surface area contributed by atoms with Crippen molar-refractivity contribution < 1.29 is 13.2 Å². The molecule has 0 aliphatic carbocycles. The summed E-state index contributed by atoms with van der Waals surface area (Å²) in [6.45, 7) is 1.90. The SMILES string of the molecule is Cc1ccc(S(=O)(=O)N(C)c2ccc(CC(=O)Nc3cccc(Cl)c3Cl)cc2)cc1. The molecule has 0 bridgehead atoms. The molecule has 30 heavy (non-hydrogen) atoms. The molecule has 3 aromatic carbocycles. The summed E-state index contributed by atoms with van der Waals surface area (Å²) in [6, 6.07) is 18.5. The summed E-state index contributed by atoms with van der Waals surface area (Å²) >= 11 is 12.0. The lowest BCUT2D eigenvalue weighted by Crippen LogP contribution is -2.26. The van der Waals surface area contributed by atoms with E-state index in [1.54, 1.807) is 66.7 Å². The number of carbonyl (C=O) groups excluding carboxylic acids is 1. The summed E-state index contributed by atoms with van der Waals surface area (Å²) in [5, 5.41) is 3.37. The van der Waals surface area contributed by atoms with Crippen LogP contribution >= 0.6 is 23.2 Å². The van der Waals surface area contributed by atoms with E-state index in [1.165, 1.54) is 11.4 Å². The van der Waals surface area contributed by atoms with Gasteiger partial charge in [-0.15, -0.1) is 0 Å². The van der Waals surface area contributed by atoms with Gasteiger partial charge in [0, 0.05) is 7.05 Å². The Morgan fingerprint density at radius 2 is 1.60 bits per heavy atom. The van der Waals surface area contributed by atoms with Gasteiger partial charge in [0.15, 0.2) is 0 Å². The van der Waals surface area contributed by atoms with Crippen LogP contribution in [0, 0.1) is 6.92 Å². The van der Waals surface area contributed by atoms with Gasteiger partial charge in [-0.3, -0.25) is 9.10 Å². The molecule has 0 saturated heterocycles. The van der Waals surface area contributed by atoms with E-state index in [-0.39, 0.29) is 22.2 Å². The van der Waals surface area contributed by atoms with Gasteiger partial charge in [0.1, 0.15) is 0 Å². The Labute approximate surface area is 186 Å². The van der Waals surface area contributed by atoms with Crippen LogP contribution in [0.5, 0.6) is 0 Å². The maximum absolute atomic E-state index is 12.8. The van der Waals surface area contributed by atoms with Crippen LogP contribution in [0.1, 0.15) is 11.1 Å². The van der Waals surface area contributed by atoms with Gasteiger partial charge in [-0.25, -0.2) is 8.42 Å². The Bertz CT molecular complexity index is 1160. The minimum absolute atomic E-state index is 0.109. The first-order valence-corrected chi connectivity index (χ1v) is 11.3. The average molecular weight is 463 g/mol. The zero-order valence-corrected chi connectivity index (χ0v) is 18.7. The first kappa shape index (κ1) is 22.2. The van der Waals surface area contributed by atoms with Crippen LogP contribution in [0.15, 0.2) is 71.6 Å². The Morgan fingerprint density at radius 3 is 2.23 bits per heavy atom. The number of anilines is 2. The molecular formula is C22H20Cl2N2O3S. The van der Waals surface area contributed by atoms with Crippen LogP contribution < -0.4 is 9.62 Å². The monoisotopic (exact) mass is 462 g/mol. The van der Waals surface area contributed by atoms with Gasteiger partial charge in [-0.05, 0) is 48.9 Å². The second-order valence-electron chi connectivity index (χ2n) is 6.78. The first-order chi connectivity index (χ1) is 14.2. The number of nitrogens with one attached hydrogen (secondary N) is 1. The van der Waals surface area contributed by atoms with Gasteiger partial charge in [0.25, 0.3) is 10.0 Å². The number of carbonyl (C=O) groups is 1. The standard InChI is InChI=1S/C22H20Cl2N2O3S/c1-15-6-12-18(13-7-15)30(28,29)26(2)17-10-8-16(9-11-17)14-21(27)25-20-5-3-4-19(23)22(20)24/h3-13H,14H2,1-2H3,(H,25,27). The first-order valence-electron chi connectivity index (χ1n) is 9.07. The van der Waals surface area contributed by atoms with Gasteiger partial charge in [-0.2, -0.15) is 0 Å². The molecule has 0 radical (unpaired) electrons. The van der Waals surface area contributed by atoms with Gasteiger partial charge < -0.3 is 5.32 Å². The molecule has 0 saturated carbocycles. The predicted molar refractivity (Wildman–Crippen MR) is 122 cm³/mol. The van der Waals surface area contributed by atoms with Gasteiger partial charge in [0.05, 0.1) is 32.7 Å². The van der Waals surface area contributed by atoms with Crippen LogP contribution in [-0.4, -0.2) is 21.4 Å². The van der Waals surface area contributed by atoms with Crippen molar-refractivity contribution in [1.82, 2.24) is 0 Å². The third kappa shape index (κ3) is 4.95. The van der Waals surface area contributed by atoms with Crippen LogP contribution in [0.25, 0.3) is 0 Å². The fourth-order valence-corrected chi connectivity index (χ4v) is 4.35. The largest absolute Gasteiger partial charge is 0.324 e. The highest BCUT2D eigenvalue weighted by Crippen LogP contribution is 2.29. The van der Waals surface area contributed by atoms with Crippen molar-refractivity contribution in [2.45, 2.75) is 18.2 Å². The molecule has 0 spiro atoms. The molecule has 0 unspecified atom stereocenters. The topological polar surface area (TPSA) is 66.5 Å². The maximum Gasteiger partial charge on any atom is 0.264 e. The number of halogens is 2. The summed E-state index contributed by atoms with van der Waals surface area (Å²) in [5.41, 5.74) is 2.65.